The van der Waals surface area contributed by atoms with Crippen LogP contribution in [-0.2, 0) is 0 Å². The molecule has 10 aromatic carbocycles. The van der Waals surface area contributed by atoms with Crippen LogP contribution < -0.4 is 4.90 Å². The molecule has 54 heavy (non-hydrogen) atoms. The lowest BCUT2D eigenvalue weighted by Gasteiger charge is -2.26. The molecule has 2 heteroatoms. The third-order valence-corrected chi connectivity index (χ3v) is 11.0. The van der Waals surface area contributed by atoms with Crippen molar-refractivity contribution >= 4 is 82.1 Å². The zero-order valence-electron chi connectivity index (χ0n) is 29.4. The van der Waals surface area contributed by atoms with Crippen LogP contribution in [0.2, 0.25) is 0 Å². The summed E-state index contributed by atoms with van der Waals surface area (Å²) in [6.45, 7) is 0. The van der Waals surface area contributed by atoms with E-state index < -0.39 is 0 Å². The largest absolute Gasteiger partial charge is 0.456 e. The van der Waals surface area contributed by atoms with Crippen molar-refractivity contribution in [2.45, 2.75) is 0 Å². The van der Waals surface area contributed by atoms with Crippen LogP contribution >= 0.6 is 0 Å². The second-order valence-electron chi connectivity index (χ2n) is 14.1. The number of fused-ring (bicyclic) bond motifs is 10. The van der Waals surface area contributed by atoms with Crippen LogP contribution in [0.1, 0.15) is 0 Å². The molecule has 11 aromatic rings. The topological polar surface area (TPSA) is 16.4 Å². The standard InChI is InChI=1S/C52H33NO/c1-2-8-34(9-3-1)35-18-25-42(26-19-35)53(43-27-20-36(21-28-43)40-23-30-46-41(32-40)17-15-37-10-4-5-11-45(37)46)44-29-22-38-14-16-39-24-31-50-52(51(39)48(38)33-44)47-12-6-7-13-49(47)54-50/h1-33H. The maximum Gasteiger partial charge on any atom is 0.136 e. The highest BCUT2D eigenvalue weighted by Gasteiger charge is 2.17. The van der Waals surface area contributed by atoms with E-state index in [4.69, 9.17) is 4.42 Å². The highest BCUT2D eigenvalue weighted by atomic mass is 16.3. The minimum Gasteiger partial charge on any atom is -0.456 e. The van der Waals surface area contributed by atoms with Crippen molar-refractivity contribution in [3.8, 4) is 22.3 Å². The molecule has 0 saturated heterocycles. The van der Waals surface area contributed by atoms with E-state index in [1.807, 2.05) is 6.07 Å². The lowest BCUT2D eigenvalue weighted by molar-refractivity contribution is 0.669. The first kappa shape index (κ1) is 30.5. The summed E-state index contributed by atoms with van der Waals surface area (Å²) < 4.78 is 6.35. The van der Waals surface area contributed by atoms with Crippen LogP contribution in [0, 0.1) is 0 Å². The zero-order chi connectivity index (χ0) is 35.6. The van der Waals surface area contributed by atoms with Gasteiger partial charge in [-0.3, -0.25) is 0 Å². The smallest absolute Gasteiger partial charge is 0.136 e. The van der Waals surface area contributed by atoms with Crippen LogP contribution in [0.25, 0.3) is 87.3 Å². The Morgan fingerprint density at radius 3 is 1.61 bits per heavy atom. The quantitative estimate of drug-likeness (QED) is 0.168. The van der Waals surface area contributed by atoms with Gasteiger partial charge in [-0.2, -0.15) is 0 Å². The SMILES string of the molecule is c1ccc(-c2ccc(N(c3ccc(-c4ccc5c(ccc6ccccc65)c4)cc3)c3ccc4ccc5ccc6oc7ccccc7c6c5c4c3)cc2)cc1. The van der Waals surface area contributed by atoms with Gasteiger partial charge in [0.05, 0.1) is 0 Å². The van der Waals surface area contributed by atoms with E-state index in [1.165, 1.54) is 65.3 Å². The lowest BCUT2D eigenvalue weighted by Crippen LogP contribution is -2.09. The Bertz CT molecular complexity index is 3190. The molecular formula is C52H33NO. The van der Waals surface area contributed by atoms with Crippen molar-refractivity contribution < 1.29 is 4.42 Å². The van der Waals surface area contributed by atoms with Crippen molar-refractivity contribution in [1.29, 1.82) is 0 Å². The number of anilines is 3. The summed E-state index contributed by atoms with van der Waals surface area (Å²) in [5, 5.41) is 12.2. The fraction of sp³-hybridized carbons (Fsp3) is 0. The summed E-state index contributed by atoms with van der Waals surface area (Å²) in [5.41, 5.74) is 9.89. The molecule has 0 radical (unpaired) electrons. The van der Waals surface area contributed by atoms with E-state index in [2.05, 4.69) is 199 Å². The zero-order valence-corrected chi connectivity index (χ0v) is 29.4. The van der Waals surface area contributed by atoms with Gasteiger partial charge < -0.3 is 9.32 Å². The van der Waals surface area contributed by atoms with E-state index in [0.717, 1.165) is 39.0 Å². The van der Waals surface area contributed by atoms with Gasteiger partial charge in [0.2, 0.25) is 0 Å². The van der Waals surface area contributed by atoms with E-state index in [9.17, 15) is 0 Å². The summed E-state index contributed by atoms with van der Waals surface area (Å²) in [6.07, 6.45) is 0. The number of benzene rings is 10. The molecule has 0 fully saturated rings. The van der Waals surface area contributed by atoms with Gasteiger partial charge in [-0.25, -0.2) is 0 Å². The first-order valence-electron chi connectivity index (χ1n) is 18.5. The number of hydrogen-bond acceptors (Lipinski definition) is 2. The van der Waals surface area contributed by atoms with Crippen molar-refractivity contribution in [2.24, 2.45) is 0 Å². The van der Waals surface area contributed by atoms with Crippen LogP contribution in [0.15, 0.2) is 205 Å². The van der Waals surface area contributed by atoms with Crippen molar-refractivity contribution in [3.63, 3.8) is 0 Å². The fourth-order valence-electron chi connectivity index (χ4n) is 8.36. The Labute approximate surface area is 312 Å². The van der Waals surface area contributed by atoms with Crippen LogP contribution in [0.4, 0.5) is 17.1 Å². The molecule has 0 aliphatic rings. The summed E-state index contributed by atoms with van der Waals surface area (Å²) in [4.78, 5) is 2.37. The number of rotatable bonds is 5. The predicted molar refractivity (Wildman–Crippen MR) is 229 cm³/mol. The fourth-order valence-corrected chi connectivity index (χ4v) is 8.36. The third-order valence-electron chi connectivity index (χ3n) is 11.0. The van der Waals surface area contributed by atoms with Crippen LogP contribution in [0.3, 0.4) is 0 Å². The number of para-hydroxylation sites is 1. The van der Waals surface area contributed by atoms with Gasteiger partial charge in [0, 0.05) is 33.2 Å². The van der Waals surface area contributed by atoms with Crippen molar-refractivity contribution in [1.82, 2.24) is 0 Å². The minimum absolute atomic E-state index is 0.910. The minimum atomic E-state index is 0.910. The predicted octanol–water partition coefficient (Wildman–Crippen LogP) is 15.0. The molecule has 1 heterocycles. The van der Waals surface area contributed by atoms with Gasteiger partial charge in [-0.1, -0.05) is 146 Å². The Kier molecular flexibility index (Phi) is 6.90. The molecule has 0 N–H and O–H groups in total. The van der Waals surface area contributed by atoms with E-state index >= 15 is 0 Å². The van der Waals surface area contributed by atoms with E-state index in [0.29, 0.717) is 0 Å². The molecule has 0 spiro atoms. The highest BCUT2D eigenvalue weighted by Crippen LogP contribution is 2.42. The molecule has 0 amide bonds. The molecule has 0 bridgehead atoms. The molecule has 0 aliphatic carbocycles. The average Bonchev–Trinajstić information content (AvgIpc) is 3.63. The molecule has 252 valence electrons. The molecule has 0 unspecified atom stereocenters. The van der Waals surface area contributed by atoms with Crippen molar-refractivity contribution in [3.05, 3.63) is 200 Å². The molecule has 0 aliphatic heterocycles. The second kappa shape index (κ2) is 12.2. The van der Waals surface area contributed by atoms with Gasteiger partial charge >= 0.3 is 0 Å². The summed E-state index contributed by atoms with van der Waals surface area (Å²) in [6, 6.07) is 72.3. The molecule has 0 atom stereocenters. The summed E-state index contributed by atoms with van der Waals surface area (Å²) >= 11 is 0. The molecule has 11 rings (SSSR count). The second-order valence-corrected chi connectivity index (χ2v) is 14.1. The Morgan fingerprint density at radius 1 is 0.278 bits per heavy atom. The van der Waals surface area contributed by atoms with Crippen molar-refractivity contribution in [2.75, 3.05) is 4.90 Å². The first-order chi connectivity index (χ1) is 26.7. The van der Waals surface area contributed by atoms with Crippen LogP contribution in [-0.4, -0.2) is 0 Å². The van der Waals surface area contributed by atoms with Gasteiger partial charge in [0.1, 0.15) is 11.2 Å². The van der Waals surface area contributed by atoms with Gasteiger partial charge in [-0.15, -0.1) is 0 Å². The first-order valence-corrected chi connectivity index (χ1v) is 18.5. The van der Waals surface area contributed by atoms with E-state index in [-0.39, 0.29) is 0 Å². The Morgan fingerprint density at radius 2 is 0.815 bits per heavy atom. The van der Waals surface area contributed by atoms with Gasteiger partial charge in [0.25, 0.3) is 0 Å². The maximum atomic E-state index is 6.35. The normalized spacial score (nSPS) is 11.7. The summed E-state index contributed by atoms with van der Waals surface area (Å²) in [7, 11) is 0. The molecule has 0 saturated carbocycles. The lowest BCUT2D eigenvalue weighted by atomic mass is 9.96. The Balaban J connectivity index is 1.07. The number of nitrogens with zero attached hydrogens (tertiary/aromatic N) is 1. The molecule has 1 aromatic heterocycles. The average molecular weight is 688 g/mol. The van der Waals surface area contributed by atoms with E-state index in [1.54, 1.807) is 0 Å². The third kappa shape index (κ3) is 4.96. The summed E-state index contributed by atoms with van der Waals surface area (Å²) in [5.74, 6) is 0. The van der Waals surface area contributed by atoms with Crippen LogP contribution in [0.5, 0.6) is 0 Å². The van der Waals surface area contributed by atoms with Gasteiger partial charge in [0.15, 0.2) is 0 Å². The number of furan rings is 1. The highest BCUT2D eigenvalue weighted by molar-refractivity contribution is 6.27. The van der Waals surface area contributed by atoms with Gasteiger partial charge in [-0.05, 0) is 115 Å². The molecule has 2 nitrogen and oxygen atoms in total. The Hall–Kier alpha value is -7.16. The maximum absolute atomic E-state index is 6.35. The monoisotopic (exact) mass is 687 g/mol. The number of hydrogen-bond donors (Lipinski definition) is 0. The molecular weight excluding hydrogens is 655 g/mol.